The van der Waals surface area contributed by atoms with E-state index in [4.69, 9.17) is 22.5 Å². The van der Waals surface area contributed by atoms with Gasteiger partial charge in [0.1, 0.15) is 0 Å². The van der Waals surface area contributed by atoms with Crippen LogP contribution in [0.5, 0.6) is 0 Å². The van der Waals surface area contributed by atoms with E-state index in [0.29, 0.717) is 0 Å². The van der Waals surface area contributed by atoms with Gasteiger partial charge < -0.3 is 22.5 Å². The van der Waals surface area contributed by atoms with Gasteiger partial charge in [0.25, 0.3) is 5.08 Å². The Morgan fingerprint density at radius 3 is 1.21 bits per heavy atom. The fraction of sp³-hybridized carbons (Fsp3) is 1.00. The largest absolute Gasteiger partial charge is 0.393 e. The standard InChI is InChI=1S/C9H24O7P2Si/c1-9(16-19(6,7)8,17(10,12-2)13-3)18(11,14-4)15-5/h1-8H3. The first-order valence-electron chi connectivity index (χ1n) is 5.58. The topological polar surface area (TPSA) is 80.3 Å². The van der Waals surface area contributed by atoms with E-state index in [9.17, 15) is 9.13 Å². The van der Waals surface area contributed by atoms with Gasteiger partial charge in [0.15, 0.2) is 8.32 Å². The molecule has 0 radical (unpaired) electrons. The summed E-state index contributed by atoms with van der Waals surface area (Å²) in [6.07, 6.45) is 0. The summed E-state index contributed by atoms with van der Waals surface area (Å²) in [5, 5.41) is -1.82. The monoisotopic (exact) mass is 334 g/mol. The molecule has 0 aromatic heterocycles. The molecule has 0 bridgehead atoms. The van der Waals surface area contributed by atoms with E-state index in [0.717, 1.165) is 0 Å². The number of rotatable bonds is 8. The highest BCUT2D eigenvalue weighted by Crippen LogP contribution is 2.77. The highest BCUT2D eigenvalue weighted by molar-refractivity contribution is 7.74. The second kappa shape index (κ2) is 6.50. The molecule has 19 heavy (non-hydrogen) atoms. The van der Waals surface area contributed by atoms with E-state index in [1.54, 1.807) is 0 Å². The Balaban J connectivity index is 6.03. The van der Waals surface area contributed by atoms with Gasteiger partial charge in [-0.25, -0.2) is 0 Å². The molecule has 0 N–H and O–H groups in total. The van der Waals surface area contributed by atoms with Crippen LogP contribution in [0, 0.1) is 0 Å². The van der Waals surface area contributed by atoms with Crippen molar-refractivity contribution in [2.75, 3.05) is 28.4 Å². The van der Waals surface area contributed by atoms with Crippen molar-refractivity contribution in [3.05, 3.63) is 0 Å². The quantitative estimate of drug-likeness (QED) is 0.496. The molecular formula is C9H24O7P2Si. The average Bonchev–Trinajstić information content (AvgIpc) is 2.34. The molecule has 0 rings (SSSR count). The minimum absolute atomic E-state index is 1.20. The van der Waals surface area contributed by atoms with Crippen molar-refractivity contribution in [2.24, 2.45) is 0 Å². The molecule has 0 saturated heterocycles. The summed E-state index contributed by atoms with van der Waals surface area (Å²) in [5.41, 5.74) is 0. The Morgan fingerprint density at radius 2 is 1.05 bits per heavy atom. The molecule has 0 saturated carbocycles. The summed E-state index contributed by atoms with van der Waals surface area (Å²) >= 11 is 0. The molecular weight excluding hydrogens is 310 g/mol. The Kier molecular flexibility index (Phi) is 6.66. The van der Waals surface area contributed by atoms with Gasteiger partial charge in [-0.3, -0.25) is 9.13 Å². The summed E-state index contributed by atoms with van der Waals surface area (Å²) in [7, 11) is -5.15. The Morgan fingerprint density at radius 1 is 0.789 bits per heavy atom. The number of hydrogen-bond donors (Lipinski definition) is 0. The van der Waals surface area contributed by atoms with E-state index < -0.39 is 28.6 Å². The minimum Gasteiger partial charge on any atom is -0.393 e. The zero-order chi connectivity index (χ0) is 15.5. The second-order valence-electron chi connectivity index (χ2n) is 4.87. The van der Waals surface area contributed by atoms with E-state index in [1.165, 1.54) is 35.4 Å². The first kappa shape index (κ1) is 19.5. The van der Waals surface area contributed by atoms with Crippen LogP contribution in [0.1, 0.15) is 6.92 Å². The molecule has 0 heterocycles. The van der Waals surface area contributed by atoms with E-state index in [1.807, 2.05) is 19.6 Å². The van der Waals surface area contributed by atoms with Gasteiger partial charge in [-0.05, 0) is 26.6 Å². The third kappa shape index (κ3) is 3.77. The lowest BCUT2D eigenvalue weighted by Crippen LogP contribution is -2.41. The molecule has 10 heteroatoms. The third-order valence-corrected chi connectivity index (χ3v) is 9.45. The molecule has 7 nitrogen and oxygen atoms in total. The van der Waals surface area contributed by atoms with Crippen LogP contribution in [0.15, 0.2) is 0 Å². The molecule has 0 spiro atoms. The summed E-state index contributed by atoms with van der Waals surface area (Å²) in [4.78, 5) is 0. The van der Waals surface area contributed by atoms with E-state index in [-0.39, 0.29) is 0 Å². The van der Waals surface area contributed by atoms with Crippen molar-refractivity contribution >= 4 is 23.5 Å². The number of hydrogen-bond acceptors (Lipinski definition) is 7. The van der Waals surface area contributed by atoms with Gasteiger partial charge in [0, 0.05) is 28.4 Å². The maximum atomic E-state index is 12.7. The third-order valence-electron chi connectivity index (χ3n) is 2.48. The SMILES string of the molecule is COP(=O)(OC)C(C)(O[Si](C)(C)C)P(=O)(OC)OC. The highest BCUT2D eigenvalue weighted by atomic mass is 31.2. The summed E-state index contributed by atoms with van der Waals surface area (Å²) in [6.45, 7) is 6.94. The van der Waals surface area contributed by atoms with Crippen molar-refractivity contribution in [3.8, 4) is 0 Å². The smallest absolute Gasteiger partial charge is 0.372 e. The average molecular weight is 334 g/mol. The molecule has 0 aromatic carbocycles. The lowest BCUT2D eigenvalue weighted by atomic mass is 10.9. The van der Waals surface area contributed by atoms with Gasteiger partial charge >= 0.3 is 15.2 Å². The maximum Gasteiger partial charge on any atom is 0.372 e. The van der Waals surface area contributed by atoms with Crippen LogP contribution < -0.4 is 0 Å². The van der Waals surface area contributed by atoms with Crippen LogP contribution in [0.2, 0.25) is 19.6 Å². The first-order chi connectivity index (χ1) is 8.45. The maximum absolute atomic E-state index is 12.7. The van der Waals surface area contributed by atoms with Crippen LogP contribution in [-0.4, -0.2) is 41.8 Å². The van der Waals surface area contributed by atoms with Crippen molar-refractivity contribution in [1.82, 2.24) is 0 Å². The molecule has 0 fully saturated rings. The molecule has 0 aliphatic carbocycles. The molecule has 0 aliphatic heterocycles. The summed E-state index contributed by atoms with van der Waals surface area (Å²) in [5.74, 6) is 0. The van der Waals surface area contributed by atoms with Crippen LogP contribution in [0.25, 0.3) is 0 Å². The van der Waals surface area contributed by atoms with Crippen LogP contribution in [0.3, 0.4) is 0 Å². The molecule has 0 amide bonds. The van der Waals surface area contributed by atoms with Gasteiger partial charge in [0.2, 0.25) is 0 Å². The molecule has 0 atom stereocenters. The first-order valence-corrected chi connectivity index (χ1v) is 12.1. The minimum atomic E-state index is -3.85. The van der Waals surface area contributed by atoms with E-state index >= 15 is 0 Å². The van der Waals surface area contributed by atoms with Crippen LogP contribution >= 0.6 is 15.2 Å². The molecule has 0 unspecified atom stereocenters. The van der Waals surface area contributed by atoms with Gasteiger partial charge in [-0.2, -0.15) is 0 Å². The summed E-state index contributed by atoms with van der Waals surface area (Å²) < 4.78 is 51.1. The molecule has 0 aromatic rings. The highest BCUT2D eigenvalue weighted by Gasteiger charge is 2.63. The Labute approximate surface area is 116 Å². The normalized spacial score (nSPS) is 14.7. The predicted octanol–water partition coefficient (Wildman–Crippen LogP) is 3.48. The van der Waals surface area contributed by atoms with E-state index in [2.05, 4.69) is 0 Å². The van der Waals surface area contributed by atoms with Crippen molar-refractivity contribution in [1.29, 1.82) is 0 Å². The van der Waals surface area contributed by atoms with Crippen molar-refractivity contribution < 1.29 is 31.7 Å². The second-order valence-corrected chi connectivity index (χ2v) is 14.8. The van der Waals surface area contributed by atoms with Gasteiger partial charge in [-0.1, -0.05) is 0 Å². The summed E-state index contributed by atoms with van der Waals surface area (Å²) in [6, 6.07) is 0. The van der Waals surface area contributed by atoms with Gasteiger partial charge in [-0.15, -0.1) is 0 Å². The zero-order valence-corrected chi connectivity index (χ0v) is 15.5. The van der Waals surface area contributed by atoms with Crippen LogP contribution in [-0.2, 0) is 31.7 Å². The Bertz CT molecular complexity index is 351. The van der Waals surface area contributed by atoms with Crippen molar-refractivity contribution in [2.45, 2.75) is 31.6 Å². The zero-order valence-electron chi connectivity index (χ0n) is 12.8. The molecule has 116 valence electrons. The van der Waals surface area contributed by atoms with Gasteiger partial charge in [0.05, 0.1) is 0 Å². The molecule has 0 aliphatic rings. The predicted molar refractivity (Wildman–Crippen MR) is 76.1 cm³/mol. The lowest BCUT2D eigenvalue weighted by Gasteiger charge is -2.41. The van der Waals surface area contributed by atoms with Crippen LogP contribution in [0.4, 0.5) is 0 Å². The van der Waals surface area contributed by atoms with Crippen molar-refractivity contribution in [3.63, 3.8) is 0 Å². The Hall–Kier alpha value is 0.477. The lowest BCUT2D eigenvalue weighted by molar-refractivity contribution is 0.128. The fourth-order valence-corrected chi connectivity index (χ4v) is 9.20. The fourth-order valence-electron chi connectivity index (χ4n) is 1.67.